The van der Waals surface area contributed by atoms with E-state index in [-0.39, 0.29) is 5.91 Å². The fourth-order valence-electron chi connectivity index (χ4n) is 2.93. The highest BCUT2D eigenvalue weighted by Gasteiger charge is 2.16. The maximum atomic E-state index is 12.5. The topological polar surface area (TPSA) is 55.6 Å². The summed E-state index contributed by atoms with van der Waals surface area (Å²) in [6.07, 6.45) is 3.39. The molecule has 1 N–H and O–H groups in total. The molecule has 0 aliphatic carbocycles. The summed E-state index contributed by atoms with van der Waals surface area (Å²) in [5.41, 5.74) is 4.84. The van der Waals surface area contributed by atoms with Crippen LogP contribution in [0.1, 0.15) is 18.1 Å². The molecule has 0 aliphatic heterocycles. The lowest BCUT2D eigenvalue weighted by molar-refractivity contribution is -0.122. The summed E-state index contributed by atoms with van der Waals surface area (Å²) in [6, 6.07) is 13.5. The summed E-state index contributed by atoms with van der Waals surface area (Å²) >= 11 is 1.60. The Bertz CT molecular complexity index is 1100. The predicted molar refractivity (Wildman–Crippen MR) is 113 cm³/mol. The normalized spacial score (nSPS) is 12.1. The third kappa shape index (κ3) is 3.64. The third-order valence-corrected chi connectivity index (χ3v) is 5.54. The standard InChI is InChI=1S/C22H21N3O2S/c1-14-5-4-6-20(15(14)2)27-16(3)21(26)23-18-9-7-17(8-10-18)19-13-25-11-12-28-22(25)24-19/h4-13,16H,1-3H3,(H,23,26). The van der Waals surface area contributed by atoms with E-state index >= 15 is 0 Å². The third-order valence-electron chi connectivity index (χ3n) is 4.77. The van der Waals surface area contributed by atoms with Crippen molar-refractivity contribution in [1.82, 2.24) is 9.38 Å². The Morgan fingerprint density at radius 3 is 2.71 bits per heavy atom. The highest BCUT2D eigenvalue weighted by atomic mass is 32.1. The Morgan fingerprint density at radius 2 is 1.96 bits per heavy atom. The molecular weight excluding hydrogens is 370 g/mol. The van der Waals surface area contributed by atoms with E-state index in [0.29, 0.717) is 0 Å². The number of carbonyl (C=O) groups excluding carboxylic acids is 1. The fraction of sp³-hybridized carbons (Fsp3) is 0.182. The highest BCUT2D eigenvalue weighted by molar-refractivity contribution is 7.15. The van der Waals surface area contributed by atoms with Gasteiger partial charge in [-0.15, -0.1) is 11.3 Å². The van der Waals surface area contributed by atoms with Gasteiger partial charge in [-0.2, -0.15) is 0 Å². The number of carbonyl (C=O) groups is 1. The van der Waals surface area contributed by atoms with Crippen LogP contribution in [0, 0.1) is 13.8 Å². The van der Waals surface area contributed by atoms with Crippen molar-refractivity contribution in [1.29, 1.82) is 0 Å². The van der Waals surface area contributed by atoms with Crippen LogP contribution >= 0.6 is 11.3 Å². The maximum Gasteiger partial charge on any atom is 0.265 e. The minimum atomic E-state index is -0.597. The fourth-order valence-corrected chi connectivity index (χ4v) is 3.63. The SMILES string of the molecule is Cc1cccc(OC(C)C(=O)Nc2ccc(-c3cn4ccsc4n3)cc2)c1C. The molecule has 2 aromatic carbocycles. The zero-order valence-corrected chi connectivity index (χ0v) is 16.8. The number of fused-ring (bicyclic) bond motifs is 1. The van der Waals surface area contributed by atoms with Crippen LogP contribution in [0.25, 0.3) is 16.2 Å². The van der Waals surface area contributed by atoms with Crippen LogP contribution in [0.2, 0.25) is 0 Å². The number of thiazole rings is 1. The summed E-state index contributed by atoms with van der Waals surface area (Å²) in [6.45, 7) is 5.77. The molecule has 2 aromatic heterocycles. The molecule has 28 heavy (non-hydrogen) atoms. The summed E-state index contributed by atoms with van der Waals surface area (Å²) in [5.74, 6) is 0.550. The molecule has 0 saturated carbocycles. The van der Waals surface area contributed by atoms with E-state index in [1.165, 1.54) is 0 Å². The van der Waals surface area contributed by atoms with Gasteiger partial charge in [-0.3, -0.25) is 9.20 Å². The van der Waals surface area contributed by atoms with Gasteiger partial charge in [0, 0.05) is 29.0 Å². The van der Waals surface area contributed by atoms with Crippen LogP contribution in [-0.4, -0.2) is 21.4 Å². The van der Waals surface area contributed by atoms with Gasteiger partial charge < -0.3 is 10.1 Å². The molecule has 0 spiro atoms. The number of rotatable bonds is 5. The van der Waals surface area contributed by atoms with E-state index in [1.54, 1.807) is 18.3 Å². The van der Waals surface area contributed by atoms with Crippen molar-refractivity contribution in [3.63, 3.8) is 0 Å². The lowest BCUT2D eigenvalue weighted by Crippen LogP contribution is -2.30. The van der Waals surface area contributed by atoms with Crippen molar-refractivity contribution in [2.75, 3.05) is 5.32 Å². The zero-order valence-electron chi connectivity index (χ0n) is 16.0. The van der Waals surface area contributed by atoms with E-state index in [9.17, 15) is 4.79 Å². The zero-order chi connectivity index (χ0) is 19.7. The van der Waals surface area contributed by atoms with Crippen molar-refractivity contribution in [3.8, 4) is 17.0 Å². The van der Waals surface area contributed by atoms with Gasteiger partial charge >= 0.3 is 0 Å². The first kappa shape index (κ1) is 18.3. The van der Waals surface area contributed by atoms with Crippen LogP contribution in [0.3, 0.4) is 0 Å². The Morgan fingerprint density at radius 1 is 1.18 bits per heavy atom. The van der Waals surface area contributed by atoms with E-state index in [4.69, 9.17) is 4.74 Å². The average molecular weight is 391 g/mol. The van der Waals surface area contributed by atoms with Gasteiger partial charge in [0.2, 0.25) is 0 Å². The van der Waals surface area contributed by atoms with Crippen molar-refractivity contribution >= 4 is 27.9 Å². The van der Waals surface area contributed by atoms with E-state index in [0.717, 1.165) is 38.8 Å². The molecule has 4 rings (SSSR count). The number of amides is 1. The van der Waals surface area contributed by atoms with Crippen molar-refractivity contribution < 1.29 is 9.53 Å². The molecule has 5 nitrogen and oxygen atoms in total. The number of imidazole rings is 1. The number of hydrogen-bond donors (Lipinski definition) is 1. The van der Waals surface area contributed by atoms with E-state index < -0.39 is 6.10 Å². The lowest BCUT2D eigenvalue weighted by Gasteiger charge is -2.17. The molecule has 4 aromatic rings. The minimum Gasteiger partial charge on any atom is -0.481 e. The quantitative estimate of drug-likeness (QED) is 0.516. The van der Waals surface area contributed by atoms with Gasteiger partial charge in [0.15, 0.2) is 11.1 Å². The monoisotopic (exact) mass is 391 g/mol. The summed E-state index contributed by atoms with van der Waals surface area (Å²) in [5, 5.41) is 4.91. The average Bonchev–Trinajstić information content (AvgIpc) is 3.28. The molecular formula is C22H21N3O2S. The smallest absolute Gasteiger partial charge is 0.265 e. The van der Waals surface area contributed by atoms with Gasteiger partial charge in [-0.05, 0) is 50.1 Å². The number of nitrogens with one attached hydrogen (secondary N) is 1. The molecule has 0 fully saturated rings. The minimum absolute atomic E-state index is 0.184. The van der Waals surface area contributed by atoms with Gasteiger partial charge in [0.25, 0.3) is 5.91 Å². The Balaban J connectivity index is 1.42. The number of nitrogens with zero attached hydrogens (tertiary/aromatic N) is 2. The molecule has 0 bridgehead atoms. The largest absolute Gasteiger partial charge is 0.481 e. The van der Waals surface area contributed by atoms with Crippen LogP contribution in [0.5, 0.6) is 5.75 Å². The molecule has 2 heterocycles. The molecule has 1 amide bonds. The van der Waals surface area contributed by atoms with Crippen molar-refractivity contribution in [2.45, 2.75) is 26.9 Å². The van der Waals surface area contributed by atoms with Crippen molar-refractivity contribution in [2.24, 2.45) is 0 Å². The number of benzene rings is 2. The number of anilines is 1. The first-order valence-corrected chi connectivity index (χ1v) is 9.95. The Labute approximate surface area is 167 Å². The number of hydrogen-bond acceptors (Lipinski definition) is 4. The first-order valence-electron chi connectivity index (χ1n) is 9.07. The Hall–Kier alpha value is -3.12. The molecule has 0 saturated heterocycles. The second kappa shape index (κ2) is 7.48. The molecule has 0 radical (unpaired) electrons. The lowest BCUT2D eigenvalue weighted by atomic mass is 10.1. The van der Waals surface area contributed by atoms with Gasteiger partial charge in [0.05, 0.1) is 5.69 Å². The molecule has 0 aliphatic rings. The van der Waals surface area contributed by atoms with Crippen molar-refractivity contribution in [3.05, 3.63) is 71.4 Å². The predicted octanol–water partition coefficient (Wildman–Crippen LogP) is 5.09. The number of ether oxygens (including phenoxy) is 1. The van der Waals surface area contributed by atoms with Gasteiger partial charge in [0.1, 0.15) is 5.75 Å². The van der Waals surface area contributed by atoms with Gasteiger partial charge in [-0.1, -0.05) is 24.3 Å². The maximum absolute atomic E-state index is 12.5. The highest BCUT2D eigenvalue weighted by Crippen LogP contribution is 2.24. The second-order valence-electron chi connectivity index (χ2n) is 6.74. The van der Waals surface area contributed by atoms with Crippen LogP contribution in [0.4, 0.5) is 5.69 Å². The Kier molecular flexibility index (Phi) is 4.88. The van der Waals surface area contributed by atoms with Crippen LogP contribution in [0.15, 0.2) is 60.2 Å². The number of aromatic nitrogens is 2. The van der Waals surface area contributed by atoms with Crippen LogP contribution in [-0.2, 0) is 4.79 Å². The number of aryl methyl sites for hydroxylation is 1. The summed E-state index contributed by atoms with van der Waals surface area (Å²) in [7, 11) is 0. The van der Waals surface area contributed by atoms with E-state index in [2.05, 4.69) is 10.3 Å². The molecule has 1 atom stereocenters. The summed E-state index contributed by atoms with van der Waals surface area (Å²) < 4.78 is 7.86. The first-order chi connectivity index (χ1) is 13.5. The molecule has 6 heteroatoms. The van der Waals surface area contributed by atoms with Gasteiger partial charge in [-0.25, -0.2) is 4.98 Å². The second-order valence-corrected chi connectivity index (χ2v) is 7.62. The van der Waals surface area contributed by atoms with E-state index in [1.807, 2.05) is 78.5 Å². The summed E-state index contributed by atoms with van der Waals surface area (Å²) in [4.78, 5) is 18.1. The molecule has 142 valence electrons. The molecule has 1 unspecified atom stereocenters. The van der Waals surface area contributed by atoms with Crippen LogP contribution < -0.4 is 10.1 Å².